The third-order valence-corrected chi connectivity index (χ3v) is 7.67. The number of likely N-dealkylation sites (tertiary alicyclic amines) is 1. The van der Waals surface area contributed by atoms with Gasteiger partial charge in [-0.05, 0) is 63.5 Å². The maximum atomic E-state index is 13.0. The number of nitrogens with zero attached hydrogens (tertiary/aromatic N) is 3. The number of aryl methyl sites for hydroxylation is 1. The average molecular weight is 459 g/mol. The van der Waals surface area contributed by atoms with Gasteiger partial charge < -0.3 is 25.3 Å². The second-order valence-electron chi connectivity index (χ2n) is 10.0. The molecular formula is C24H34N4O5. The molecule has 0 aromatic carbocycles. The van der Waals surface area contributed by atoms with Crippen LogP contribution in [-0.4, -0.2) is 70.3 Å². The summed E-state index contributed by atoms with van der Waals surface area (Å²) in [5.41, 5.74) is 1.14. The highest BCUT2D eigenvalue weighted by molar-refractivity contribution is 5.84. The van der Waals surface area contributed by atoms with E-state index in [-0.39, 0.29) is 23.7 Å². The number of amides is 2. The van der Waals surface area contributed by atoms with Crippen molar-refractivity contribution in [3.05, 3.63) is 23.4 Å². The van der Waals surface area contributed by atoms with Gasteiger partial charge in [-0.25, -0.2) is 4.98 Å². The quantitative estimate of drug-likeness (QED) is 0.627. The van der Waals surface area contributed by atoms with Gasteiger partial charge in [-0.15, -0.1) is 0 Å². The number of nitrogens with one attached hydrogen (secondary N) is 1. The van der Waals surface area contributed by atoms with Crippen molar-refractivity contribution in [1.82, 2.24) is 15.2 Å². The fourth-order valence-electron chi connectivity index (χ4n) is 5.25. The van der Waals surface area contributed by atoms with Gasteiger partial charge in [0.1, 0.15) is 12.0 Å². The fourth-order valence-corrected chi connectivity index (χ4v) is 5.25. The number of carboxylic acids is 1. The first-order chi connectivity index (χ1) is 15.7. The number of carbonyl (C=O) groups excluding carboxylic acids is 2. The van der Waals surface area contributed by atoms with Gasteiger partial charge in [-0.3, -0.25) is 14.4 Å². The van der Waals surface area contributed by atoms with Crippen LogP contribution in [0.3, 0.4) is 0 Å². The van der Waals surface area contributed by atoms with E-state index < -0.39 is 17.6 Å². The normalized spacial score (nSPS) is 26.1. The minimum atomic E-state index is -0.779. The van der Waals surface area contributed by atoms with E-state index in [1.807, 2.05) is 17.9 Å². The van der Waals surface area contributed by atoms with E-state index in [1.54, 1.807) is 13.1 Å². The fraction of sp³-hybridized carbons (Fsp3) is 0.667. The average Bonchev–Trinajstić information content (AvgIpc) is 2.79. The van der Waals surface area contributed by atoms with Gasteiger partial charge in [0.25, 0.3) is 0 Å². The van der Waals surface area contributed by atoms with Crippen molar-refractivity contribution in [2.24, 2.45) is 11.3 Å². The van der Waals surface area contributed by atoms with E-state index in [0.29, 0.717) is 38.8 Å². The highest BCUT2D eigenvalue weighted by Crippen LogP contribution is 2.34. The molecule has 3 aliphatic rings. The topological polar surface area (TPSA) is 123 Å². The van der Waals surface area contributed by atoms with Crippen LogP contribution in [0.5, 0.6) is 0 Å². The van der Waals surface area contributed by atoms with Crippen LogP contribution in [0.4, 0.5) is 5.82 Å². The Labute approximate surface area is 194 Å². The Hall–Kier alpha value is -2.68. The monoisotopic (exact) mass is 458 g/mol. The Balaban J connectivity index is 1.33. The van der Waals surface area contributed by atoms with E-state index in [4.69, 9.17) is 0 Å². The van der Waals surface area contributed by atoms with Crippen molar-refractivity contribution in [2.45, 2.75) is 64.5 Å². The molecule has 4 rings (SSSR count). The molecule has 2 atom stereocenters. The van der Waals surface area contributed by atoms with Crippen LogP contribution in [0.25, 0.3) is 0 Å². The molecule has 9 heteroatoms. The minimum Gasteiger partial charge on any atom is -0.481 e. The summed E-state index contributed by atoms with van der Waals surface area (Å²) in [4.78, 5) is 45.4. The molecule has 1 aromatic heterocycles. The van der Waals surface area contributed by atoms with Crippen LogP contribution < -0.4 is 10.2 Å². The third kappa shape index (κ3) is 4.83. The second kappa shape index (κ2) is 9.29. The zero-order chi connectivity index (χ0) is 23.8. The first-order valence-corrected chi connectivity index (χ1v) is 11.9. The molecule has 33 heavy (non-hydrogen) atoms. The van der Waals surface area contributed by atoms with Crippen molar-refractivity contribution < 1.29 is 24.6 Å². The number of piperidine rings is 3. The number of aliphatic hydroxyl groups is 1. The number of pyridine rings is 1. The van der Waals surface area contributed by atoms with Crippen molar-refractivity contribution >= 4 is 23.6 Å². The van der Waals surface area contributed by atoms with Crippen LogP contribution >= 0.6 is 0 Å². The van der Waals surface area contributed by atoms with E-state index in [9.17, 15) is 24.6 Å². The predicted octanol–water partition coefficient (Wildman–Crippen LogP) is 1.63. The summed E-state index contributed by atoms with van der Waals surface area (Å²) in [5.74, 6) is -0.234. The number of hydrogen-bond acceptors (Lipinski definition) is 6. The lowest BCUT2D eigenvalue weighted by molar-refractivity contribution is -0.153. The Bertz CT molecular complexity index is 919. The number of hydrogen-bond donors (Lipinski definition) is 3. The van der Waals surface area contributed by atoms with Gasteiger partial charge in [0.2, 0.25) is 11.8 Å². The summed E-state index contributed by atoms with van der Waals surface area (Å²) in [6.07, 6.45) is 4.62. The number of aliphatic carboxylic acids is 1. The Morgan fingerprint density at radius 1 is 1.12 bits per heavy atom. The van der Waals surface area contributed by atoms with Gasteiger partial charge >= 0.3 is 5.97 Å². The largest absolute Gasteiger partial charge is 0.481 e. The molecule has 4 heterocycles. The number of aliphatic hydroxyl groups excluding tert-OH is 1. The Kier molecular flexibility index (Phi) is 6.61. The zero-order valence-electron chi connectivity index (χ0n) is 19.4. The summed E-state index contributed by atoms with van der Waals surface area (Å²) in [7, 11) is 0. The molecule has 3 saturated heterocycles. The summed E-state index contributed by atoms with van der Waals surface area (Å²) in [6, 6.07) is 2.01. The molecule has 0 saturated carbocycles. The lowest BCUT2D eigenvalue weighted by Crippen LogP contribution is -2.49. The summed E-state index contributed by atoms with van der Waals surface area (Å²) in [6.45, 7) is 6.25. The molecule has 9 nitrogen and oxygen atoms in total. The van der Waals surface area contributed by atoms with E-state index in [1.165, 1.54) is 0 Å². The van der Waals surface area contributed by atoms with E-state index in [2.05, 4.69) is 15.2 Å². The van der Waals surface area contributed by atoms with Crippen LogP contribution in [0, 0.1) is 18.3 Å². The molecule has 0 radical (unpaired) electrons. The summed E-state index contributed by atoms with van der Waals surface area (Å²) >= 11 is 0. The number of carbonyl (C=O) groups is 3. The maximum Gasteiger partial charge on any atom is 0.309 e. The second-order valence-corrected chi connectivity index (χ2v) is 10.0. The number of anilines is 1. The standard InChI is InChI=1S/C24H34N4O5/c1-15-13-17(18-3-4-19(29)26-21(18)30)14-25-20(15)27-9-5-16(6-10-27)22(31)28-11-7-24(2,8-12-28)23(32)33/h13-14,16,18-19,29H,3-12H2,1-2H3,(H,26,30)(H,32,33). The van der Waals surface area contributed by atoms with E-state index >= 15 is 0 Å². The first-order valence-electron chi connectivity index (χ1n) is 11.9. The highest BCUT2D eigenvalue weighted by Gasteiger charge is 2.39. The Morgan fingerprint density at radius 3 is 2.36 bits per heavy atom. The maximum absolute atomic E-state index is 13.0. The van der Waals surface area contributed by atoms with Gasteiger partial charge in [0, 0.05) is 38.3 Å². The molecule has 180 valence electrons. The molecule has 3 N–H and O–H groups in total. The van der Waals surface area contributed by atoms with Gasteiger partial charge in [-0.2, -0.15) is 0 Å². The molecule has 3 aliphatic heterocycles. The van der Waals surface area contributed by atoms with Gasteiger partial charge in [-0.1, -0.05) is 6.07 Å². The third-order valence-electron chi connectivity index (χ3n) is 7.67. The minimum absolute atomic E-state index is 0.0348. The van der Waals surface area contributed by atoms with Crippen molar-refractivity contribution in [2.75, 3.05) is 31.1 Å². The lowest BCUT2D eigenvalue weighted by atomic mass is 9.80. The first kappa shape index (κ1) is 23.5. The van der Waals surface area contributed by atoms with Crippen LogP contribution in [0.15, 0.2) is 12.3 Å². The summed E-state index contributed by atoms with van der Waals surface area (Å²) in [5, 5.41) is 21.6. The van der Waals surface area contributed by atoms with Crippen molar-refractivity contribution in [3.8, 4) is 0 Å². The van der Waals surface area contributed by atoms with Crippen molar-refractivity contribution in [3.63, 3.8) is 0 Å². The number of carboxylic acid groups (broad SMARTS) is 1. The van der Waals surface area contributed by atoms with Gasteiger partial charge in [0.15, 0.2) is 0 Å². The molecule has 1 aromatic rings. The molecule has 0 bridgehead atoms. The number of aromatic nitrogens is 1. The van der Waals surface area contributed by atoms with Crippen LogP contribution in [0.1, 0.15) is 62.5 Å². The smallest absolute Gasteiger partial charge is 0.309 e. The summed E-state index contributed by atoms with van der Waals surface area (Å²) < 4.78 is 0. The molecule has 2 amide bonds. The van der Waals surface area contributed by atoms with E-state index in [0.717, 1.165) is 42.9 Å². The molecule has 0 aliphatic carbocycles. The number of rotatable bonds is 4. The van der Waals surface area contributed by atoms with Crippen molar-refractivity contribution in [1.29, 1.82) is 0 Å². The molecule has 3 fully saturated rings. The SMILES string of the molecule is Cc1cc(C2CCC(O)NC2=O)cnc1N1CCC(C(=O)N2CCC(C)(C(=O)O)CC2)CC1. The molecular weight excluding hydrogens is 424 g/mol. The predicted molar refractivity (Wildman–Crippen MR) is 122 cm³/mol. The Morgan fingerprint density at radius 2 is 1.79 bits per heavy atom. The molecule has 2 unspecified atom stereocenters. The van der Waals surface area contributed by atoms with Gasteiger partial charge in [0.05, 0.1) is 11.3 Å². The molecule has 0 spiro atoms. The van der Waals surface area contributed by atoms with Crippen LogP contribution in [0.2, 0.25) is 0 Å². The van der Waals surface area contributed by atoms with Crippen LogP contribution in [-0.2, 0) is 14.4 Å². The zero-order valence-corrected chi connectivity index (χ0v) is 19.4. The lowest BCUT2D eigenvalue weighted by Gasteiger charge is -2.40. The highest BCUT2D eigenvalue weighted by atomic mass is 16.4.